The molecular formula is C27H25F2N3O3. The first-order chi connectivity index (χ1) is 16.9. The number of rotatable bonds is 6. The minimum absolute atomic E-state index is 0.00827. The van der Waals surface area contributed by atoms with Gasteiger partial charge in [-0.15, -0.1) is 0 Å². The summed E-state index contributed by atoms with van der Waals surface area (Å²) in [5, 5.41) is 5.62. The summed E-state index contributed by atoms with van der Waals surface area (Å²) in [7, 11) is 0. The van der Waals surface area contributed by atoms with Gasteiger partial charge in [-0.2, -0.15) is 0 Å². The fourth-order valence-corrected chi connectivity index (χ4v) is 4.21. The average Bonchev–Trinajstić information content (AvgIpc) is 2.88. The predicted octanol–water partition coefficient (Wildman–Crippen LogP) is 4.25. The maximum absolute atomic E-state index is 14.1. The smallest absolute Gasteiger partial charge is 0.256 e. The molecule has 1 saturated heterocycles. The highest BCUT2D eigenvalue weighted by atomic mass is 19.1. The Morgan fingerprint density at radius 2 is 1.46 bits per heavy atom. The van der Waals surface area contributed by atoms with Crippen molar-refractivity contribution < 1.29 is 23.2 Å². The number of hydrogen-bond donors (Lipinski definition) is 2. The number of nitrogens with zero attached hydrogens (tertiary/aromatic N) is 1. The molecule has 2 N–H and O–H groups in total. The van der Waals surface area contributed by atoms with Gasteiger partial charge in [0.1, 0.15) is 17.7 Å². The van der Waals surface area contributed by atoms with Crippen LogP contribution in [0.1, 0.15) is 33.6 Å². The highest BCUT2D eigenvalue weighted by Crippen LogP contribution is 2.24. The van der Waals surface area contributed by atoms with Crippen LogP contribution in [-0.2, 0) is 4.79 Å². The van der Waals surface area contributed by atoms with Crippen LogP contribution in [0.15, 0.2) is 78.9 Å². The van der Waals surface area contributed by atoms with Crippen molar-refractivity contribution in [1.29, 1.82) is 0 Å². The van der Waals surface area contributed by atoms with Gasteiger partial charge in [0.2, 0.25) is 5.91 Å². The molecule has 1 atom stereocenters. The number of para-hydroxylation sites is 1. The Bertz CT molecular complexity index is 1190. The molecule has 1 heterocycles. The number of carbonyl (C=O) groups is 3. The molecule has 6 nitrogen and oxygen atoms in total. The summed E-state index contributed by atoms with van der Waals surface area (Å²) in [6.07, 6.45) is 0.882. The van der Waals surface area contributed by atoms with Crippen molar-refractivity contribution in [3.05, 3.63) is 102 Å². The zero-order valence-corrected chi connectivity index (χ0v) is 18.9. The standard InChI is InChI=1S/C27H25F2N3O3/c28-20-12-10-19(11-13-20)25(33)31-24(26(34)30-21-6-2-1-3-7-21)18-14-16-32(17-15-18)27(35)22-8-4-5-9-23(22)29/h1-13,18,24H,14-17H2,(H,30,34)(H,31,33)/t24-/m0/s1. The SMILES string of the molecule is O=C(N[C@H](C(=O)Nc1ccccc1)C1CCN(C(=O)c2ccccc2F)CC1)c1ccc(F)cc1. The molecule has 0 aliphatic carbocycles. The van der Waals surface area contributed by atoms with E-state index in [4.69, 9.17) is 0 Å². The van der Waals surface area contributed by atoms with E-state index < -0.39 is 29.5 Å². The Kier molecular flexibility index (Phi) is 7.50. The van der Waals surface area contributed by atoms with Crippen LogP contribution in [-0.4, -0.2) is 41.8 Å². The molecule has 0 bridgehead atoms. The van der Waals surface area contributed by atoms with E-state index in [2.05, 4.69) is 10.6 Å². The van der Waals surface area contributed by atoms with Crippen molar-refractivity contribution in [3.63, 3.8) is 0 Å². The molecule has 0 unspecified atom stereocenters. The fraction of sp³-hybridized carbons (Fsp3) is 0.222. The monoisotopic (exact) mass is 477 g/mol. The largest absolute Gasteiger partial charge is 0.340 e. The van der Waals surface area contributed by atoms with Crippen molar-refractivity contribution in [3.8, 4) is 0 Å². The first-order valence-corrected chi connectivity index (χ1v) is 11.4. The Hall–Kier alpha value is -4.07. The molecule has 4 rings (SSSR count). The van der Waals surface area contributed by atoms with E-state index in [1.54, 1.807) is 35.2 Å². The van der Waals surface area contributed by atoms with Gasteiger partial charge in [-0.05, 0) is 67.3 Å². The maximum atomic E-state index is 14.1. The molecule has 0 radical (unpaired) electrons. The second kappa shape index (κ2) is 10.9. The van der Waals surface area contributed by atoms with Crippen molar-refractivity contribution in [2.45, 2.75) is 18.9 Å². The first kappa shape index (κ1) is 24.1. The third-order valence-electron chi connectivity index (χ3n) is 6.12. The van der Waals surface area contributed by atoms with Crippen LogP contribution in [0.3, 0.4) is 0 Å². The lowest BCUT2D eigenvalue weighted by atomic mass is 9.88. The molecule has 0 aromatic heterocycles. The molecule has 35 heavy (non-hydrogen) atoms. The molecule has 3 aromatic carbocycles. The van der Waals surface area contributed by atoms with E-state index in [-0.39, 0.29) is 23.0 Å². The minimum Gasteiger partial charge on any atom is -0.340 e. The van der Waals surface area contributed by atoms with Crippen LogP contribution in [0.5, 0.6) is 0 Å². The summed E-state index contributed by atoms with van der Waals surface area (Å²) in [4.78, 5) is 40.4. The molecule has 1 aliphatic rings. The lowest BCUT2D eigenvalue weighted by Crippen LogP contribution is -2.52. The zero-order valence-electron chi connectivity index (χ0n) is 18.9. The maximum Gasteiger partial charge on any atom is 0.256 e. The van der Waals surface area contributed by atoms with Gasteiger partial charge in [0.15, 0.2) is 0 Å². The third kappa shape index (κ3) is 5.90. The average molecular weight is 478 g/mol. The number of nitrogens with one attached hydrogen (secondary N) is 2. The normalized spacial score (nSPS) is 14.7. The number of benzene rings is 3. The van der Waals surface area contributed by atoms with E-state index in [1.807, 2.05) is 6.07 Å². The number of likely N-dealkylation sites (tertiary alicyclic amines) is 1. The molecule has 8 heteroatoms. The Labute approximate surface area is 201 Å². The molecule has 0 saturated carbocycles. The quantitative estimate of drug-likeness (QED) is 0.557. The zero-order chi connectivity index (χ0) is 24.8. The van der Waals surface area contributed by atoms with Gasteiger partial charge in [0, 0.05) is 24.3 Å². The van der Waals surface area contributed by atoms with Crippen LogP contribution in [0, 0.1) is 17.6 Å². The van der Waals surface area contributed by atoms with E-state index in [9.17, 15) is 23.2 Å². The Morgan fingerprint density at radius 1 is 0.829 bits per heavy atom. The van der Waals surface area contributed by atoms with E-state index in [1.165, 1.54) is 42.5 Å². The van der Waals surface area contributed by atoms with Gasteiger partial charge in [-0.25, -0.2) is 8.78 Å². The molecular weight excluding hydrogens is 452 g/mol. The van der Waals surface area contributed by atoms with Crippen LogP contribution >= 0.6 is 0 Å². The number of anilines is 1. The topological polar surface area (TPSA) is 78.5 Å². The number of carbonyl (C=O) groups excluding carboxylic acids is 3. The van der Waals surface area contributed by atoms with E-state index >= 15 is 0 Å². The van der Waals surface area contributed by atoms with E-state index in [0.717, 1.165) is 0 Å². The Balaban J connectivity index is 1.48. The molecule has 180 valence electrons. The lowest BCUT2D eigenvalue weighted by Gasteiger charge is -2.36. The number of hydrogen-bond acceptors (Lipinski definition) is 3. The molecule has 1 aliphatic heterocycles. The molecule has 1 fully saturated rings. The summed E-state index contributed by atoms with van der Waals surface area (Å²) >= 11 is 0. The van der Waals surface area contributed by atoms with Crippen LogP contribution in [0.2, 0.25) is 0 Å². The summed E-state index contributed by atoms with van der Waals surface area (Å²) in [6, 6.07) is 18.9. The highest BCUT2D eigenvalue weighted by molar-refractivity contribution is 6.01. The summed E-state index contributed by atoms with van der Waals surface area (Å²) in [6.45, 7) is 0.638. The van der Waals surface area contributed by atoms with Gasteiger partial charge in [-0.1, -0.05) is 30.3 Å². The van der Waals surface area contributed by atoms with Crippen molar-refractivity contribution in [2.24, 2.45) is 5.92 Å². The molecule has 3 amide bonds. The van der Waals surface area contributed by atoms with Crippen molar-refractivity contribution >= 4 is 23.4 Å². The van der Waals surface area contributed by atoms with Gasteiger partial charge in [-0.3, -0.25) is 14.4 Å². The first-order valence-electron chi connectivity index (χ1n) is 11.4. The second-order valence-electron chi connectivity index (χ2n) is 8.42. The highest BCUT2D eigenvalue weighted by Gasteiger charge is 2.34. The van der Waals surface area contributed by atoms with Crippen molar-refractivity contribution in [1.82, 2.24) is 10.2 Å². The number of piperidine rings is 1. The number of halogens is 2. The van der Waals surface area contributed by atoms with Gasteiger partial charge >= 0.3 is 0 Å². The molecule has 3 aromatic rings. The summed E-state index contributed by atoms with van der Waals surface area (Å²) in [5.41, 5.74) is 0.829. The minimum atomic E-state index is -0.876. The van der Waals surface area contributed by atoms with Crippen LogP contribution < -0.4 is 10.6 Å². The summed E-state index contributed by atoms with van der Waals surface area (Å²) < 4.78 is 27.3. The van der Waals surface area contributed by atoms with Crippen LogP contribution in [0.25, 0.3) is 0 Å². The van der Waals surface area contributed by atoms with E-state index in [0.29, 0.717) is 31.6 Å². The van der Waals surface area contributed by atoms with Crippen molar-refractivity contribution in [2.75, 3.05) is 18.4 Å². The predicted molar refractivity (Wildman–Crippen MR) is 128 cm³/mol. The third-order valence-corrected chi connectivity index (χ3v) is 6.12. The fourth-order valence-electron chi connectivity index (χ4n) is 4.21. The van der Waals surface area contributed by atoms with Gasteiger partial charge in [0.05, 0.1) is 5.56 Å². The lowest BCUT2D eigenvalue weighted by molar-refractivity contribution is -0.119. The summed E-state index contributed by atoms with van der Waals surface area (Å²) in [5.74, 6) is -2.58. The Morgan fingerprint density at radius 3 is 2.11 bits per heavy atom. The van der Waals surface area contributed by atoms with Gasteiger partial charge < -0.3 is 15.5 Å². The number of amides is 3. The van der Waals surface area contributed by atoms with Crippen LogP contribution in [0.4, 0.5) is 14.5 Å². The second-order valence-corrected chi connectivity index (χ2v) is 8.42. The molecule has 0 spiro atoms. The van der Waals surface area contributed by atoms with Gasteiger partial charge in [0.25, 0.3) is 11.8 Å².